The third kappa shape index (κ3) is 8.18. The molecule has 382 valence electrons. The summed E-state index contributed by atoms with van der Waals surface area (Å²) in [6.07, 6.45) is 9.06. The summed E-state index contributed by atoms with van der Waals surface area (Å²) in [5.74, 6) is 0. The molecule has 12 aromatic carbocycles. The van der Waals surface area contributed by atoms with Gasteiger partial charge in [0.25, 0.3) is 0 Å². The molecule has 81 heavy (non-hydrogen) atoms. The van der Waals surface area contributed by atoms with Crippen LogP contribution in [-0.2, 0) is 5.41 Å². The number of allylic oxidation sites excluding steroid dienone is 4. The minimum Gasteiger partial charge on any atom is -0.310 e. The molecule has 0 aliphatic heterocycles. The summed E-state index contributed by atoms with van der Waals surface area (Å²) >= 11 is 0. The molecule has 0 bridgehead atoms. The van der Waals surface area contributed by atoms with Gasteiger partial charge in [0.15, 0.2) is 0 Å². The van der Waals surface area contributed by atoms with Gasteiger partial charge in [-0.2, -0.15) is 0 Å². The van der Waals surface area contributed by atoms with E-state index < -0.39 is 5.41 Å². The second-order valence-corrected chi connectivity index (χ2v) is 21.4. The number of hydrogen-bond acceptors (Lipinski definition) is 2. The van der Waals surface area contributed by atoms with Crippen molar-refractivity contribution >= 4 is 39.7 Å². The SMILES string of the molecule is C1=CC(c2ccccc2N(c2ccc(-c3ccccc3)cc2)c2cc(-c3ccc4c(c3)C3(c5ccccc5-c5ccccc53)c3ccccc3-4)cc(N(c3ccc(-c4ccccc4)cc3)c3ccccc3-c3ccccc3)c2)=CCC1. The number of benzene rings is 12. The zero-order chi connectivity index (χ0) is 53.7. The Morgan fingerprint density at radius 2 is 0.642 bits per heavy atom. The van der Waals surface area contributed by atoms with E-state index in [1.165, 1.54) is 77.9 Å². The number of anilines is 6. The molecule has 0 aromatic heterocycles. The van der Waals surface area contributed by atoms with E-state index in [1.807, 2.05) is 0 Å². The van der Waals surface area contributed by atoms with Gasteiger partial charge in [0.1, 0.15) is 0 Å². The van der Waals surface area contributed by atoms with Gasteiger partial charge < -0.3 is 9.80 Å². The normalized spacial score (nSPS) is 13.2. The van der Waals surface area contributed by atoms with E-state index in [0.717, 1.165) is 69.2 Å². The van der Waals surface area contributed by atoms with Gasteiger partial charge in [-0.3, -0.25) is 0 Å². The summed E-state index contributed by atoms with van der Waals surface area (Å²) in [7, 11) is 0. The van der Waals surface area contributed by atoms with Crippen LogP contribution in [0.1, 0.15) is 40.7 Å². The minimum atomic E-state index is -0.497. The number of hydrogen-bond donors (Lipinski definition) is 0. The van der Waals surface area contributed by atoms with E-state index in [2.05, 4.69) is 325 Å². The summed E-state index contributed by atoms with van der Waals surface area (Å²) in [5.41, 5.74) is 28.0. The molecular formula is C79H56N2. The van der Waals surface area contributed by atoms with E-state index in [-0.39, 0.29) is 0 Å². The van der Waals surface area contributed by atoms with Crippen LogP contribution in [0.4, 0.5) is 34.1 Å². The lowest BCUT2D eigenvalue weighted by atomic mass is 9.70. The lowest BCUT2D eigenvalue weighted by molar-refractivity contribution is 0.794. The van der Waals surface area contributed by atoms with Gasteiger partial charge in [-0.25, -0.2) is 0 Å². The molecule has 2 nitrogen and oxygen atoms in total. The van der Waals surface area contributed by atoms with Crippen LogP contribution < -0.4 is 9.80 Å². The first-order valence-electron chi connectivity index (χ1n) is 28.3. The van der Waals surface area contributed by atoms with Crippen LogP contribution in [-0.4, -0.2) is 0 Å². The number of fused-ring (bicyclic) bond motifs is 10. The summed E-state index contributed by atoms with van der Waals surface area (Å²) < 4.78 is 0. The Balaban J connectivity index is 1.01. The van der Waals surface area contributed by atoms with Gasteiger partial charge in [0.05, 0.1) is 16.8 Å². The van der Waals surface area contributed by atoms with Gasteiger partial charge in [-0.05, 0) is 163 Å². The standard InChI is InChI=1S/C79H56N2/c1-5-23-55(24-6-1)57-41-46-63(47-42-57)80(77-39-21-16-31-67(77)59-27-9-3-10-28-59)65-51-62(61-45-50-72-71-35-15-20-38-75(71)79(76(72)53-61)73-36-18-13-33-69(73)70-34-14-19-37-74(70)79)52-66(54-65)81(64-48-43-58(44-49-64)56-25-7-2-8-26-56)78-40-22-17-32-68(78)60-29-11-4-12-30-60/h1-3,5-11,13-54H,4,12H2. The Morgan fingerprint density at radius 1 is 0.247 bits per heavy atom. The highest BCUT2D eigenvalue weighted by atomic mass is 15.2. The van der Waals surface area contributed by atoms with Crippen molar-refractivity contribution in [2.45, 2.75) is 18.3 Å². The van der Waals surface area contributed by atoms with Crippen LogP contribution in [0, 0.1) is 0 Å². The Morgan fingerprint density at radius 3 is 1.14 bits per heavy atom. The van der Waals surface area contributed by atoms with Gasteiger partial charge >= 0.3 is 0 Å². The summed E-state index contributed by atoms with van der Waals surface area (Å²) in [6, 6.07) is 110. The topological polar surface area (TPSA) is 6.48 Å². The molecule has 0 radical (unpaired) electrons. The van der Waals surface area contributed by atoms with Crippen molar-refractivity contribution in [3.8, 4) is 66.8 Å². The van der Waals surface area contributed by atoms with Gasteiger partial charge in [-0.1, -0.05) is 255 Å². The number of para-hydroxylation sites is 2. The molecule has 3 aliphatic rings. The number of rotatable bonds is 11. The van der Waals surface area contributed by atoms with Crippen LogP contribution in [0.25, 0.3) is 72.3 Å². The highest BCUT2D eigenvalue weighted by molar-refractivity contribution is 5.98. The molecule has 2 heteroatoms. The van der Waals surface area contributed by atoms with Crippen LogP contribution in [0.2, 0.25) is 0 Å². The Kier molecular flexibility index (Phi) is 11.9. The maximum atomic E-state index is 2.53. The molecular weight excluding hydrogens is 977 g/mol. The molecule has 0 N–H and O–H groups in total. The molecule has 12 aromatic rings. The predicted octanol–water partition coefficient (Wildman–Crippen LogP) is 21.4. The van der Waals surface area contributed by atoms with Crippen LogP contribution in [0.5, 0.6) is 0 Å². The van der Waals surface area contributed by atoms with Crippen LogP contribution in [0.15, 0.2) is 315 Å². The van der Waals surface area contributed by atoms with Gasteiger partial charge in [0.2, 0.25) is 0 Å². The molecule has 0 saturated carbocycles. The van der Waals surface area contributed by atoms with Crippen molar-refractivity contribution in [1.29, 1.82) is 0 Å². The molecule has 0 amide bonds. The number of nitrogens with zero attached hydrogens (tertiary/aromatic N) is 2. The van der Waals surface area contributed by atoms with Crippen molar-refractivity contribution < 1.29 is 0 Å². The molecule has 1 spiro atoms. The largest absolute Gasteiger partial charge is 0.310 e. The minimum absolute atomic E-state index is 0.497. The molecule has 0 saturated heterocycles. The van der Waals surface area contributed by atoms with Crippen LogP contribution in [0.3, 0.4) is 0 Å². The Labute approximate surface area is 475 Å². The first kappa shape index (κ1) is 47.9. The fourth-order valence-electron chi connectivity index (χ4n) is 13.3. The lowest BCUT2D eigenvalue weighted by Gasteiger charge is -2.33. The molecule has 3 aliphatic carbocycles. The second kappa shape index (κ2) is 20.2. The van der Waals surface area contributed by atoms with E-state index in [1.54, 1.807) is 0 Å². The van der Waals surface area contributed by atoms with E-state index in [4.69, 9.17) is 0 Å². The van der Waals surface area contributed by atoms with Crippen molar-refractivity contribution in [3.05, 3.63) is 343 Å². The third-order valence-corrected chi connectivity index (χ3v) is 16.9. The van der Waals surface area contributed by atoms with Crippen molar-refractivity contribution in [3.63, 3.8) is 0 Å². The highest BCUT2D eigenvalue weighted by Gasteiger charge is 2.51. The highest BCUT2D eigenvalue weighted by Crippen LogP contribution is 2.63. The quantitative estimate of drug-likeness (QED) is 0.127. The molecule has 0 fully saturated rings. The average Bonchev–Trinajstić information content (AvgIpc) is 3.29. The van der Waals surface area contributed by atoms with E-state index >= 15 is 0 Å². The maximum Gasteiger partial charge on any atom is 0.0725 e. The molecule has 15 rings (SSSR count). The second-order valence-electron chi connectivity index (χ2n) is 21.4. The predicted molar refractivity (Wildman–Crippen MR) is 340 cm³/mol. The van der Waals surface area contributed by atoms with Crippen molar-refractivity contribution in [2.24, 2.45) is 0 Å². The van der Waals surface area contributed by atoms with Crippen molar-refractivity contribution in [2.75, 3.05) is 9.80 Å². The smallest absolute Gasteiger partial charge is 0.0725 e. The molecule has 0 heterocycles. The fraction of sp³-hybridized carbons (Fsp3) is 0.0380. The monoisotopic (exact) mass is 1030 g/mol. The van der Waals surface area contributed by atoms with Gasteiger partial charge in [0, 0.05) is 33.9 Å². The fourth-order valence-corrected chi connectivity index (χ4v) is 13.3. The zero-order valence-corrected chi connectivity index (χ0v) is 44.8. The first-order chi connectivity index (χ1) is 40.2. The maximum absolute atomic E-state index is 2.53. The third-order valence-electron chi connectivity index (χ3n) is 16.9. The zero-order valence-electron chi connectivity index (χ0n) is 44.8. The Bertz CT molecular complexity index is 4320. The van der Waals surface area contributed by atoms with Crippen molar-refractivity contribution in [1.82, 2.24) is 0 Å². The van der Waals surface area contributed by atoms with E-state index in [9.17, 15) is 0 Å². The first-order valence-corrected chi connectivity index (χ1v) is 28.3. The summed E-state index contributed by atoms with van der Waals surface area (Å²) in [5, 5.41) is 0. The van der Waals surface area contributed by atoms with Crippen LogP contribution >= 0.6 is 0 Å². The summed E-state index contributed by atoms with van der Waals surface area (Å²) in [6.45, 7) is 0. The van der Waals surface area contributed by atoms with Gasteiger partial charge in [-0.15, -0.1) is 0 Å². The Hall–Kier alpha value is -10.3. The lowest BCUT2D eigenvalue weighted by Crippen LogP contribution is -2.25. The summed E-state index contributed by atoms with van der Waals surface area (Å²) in [4.78, 5) is 4.97. The molecule has 0 atom stereocenters. The van der Waals surface area contributed by atoms with E-state index in [0.29, 0.717) is 0 Å². The average molecular weight is 1030 g/mol. The molecule has 0 unspecified atom stereocenters.